The maximum atomic E-state index is 13.8. The molecule has 1 unspecified atom stereocenters. The number of alkyl halides is 2. The van der Waals surface area contributed by atoms with Crippen LogP contribution in [0.3, 0.4) is 0 Å². The van der Waals surface area contributed by atoms with E-state index in [9.17, 15) is 13.6 Å². The molecular weight excluding hydrogens is 297 g/mol. The molecule has 1 atom stereocenters. The summed E-state index contributed by atoms with van der Waals surface area (Å²) in [7, 11) is 1.69. The minimum atomic E-state index is -3.58. The molecule has 0 saturated carbocycles. The molecule has 0 fully saturated rings. The molecule has 7 heteroatoms. The van der Waals surface area contributed by atoms with Crippen LogP contribution in [0, 0.1) is 0 Å². The Bertz CT molecular complexity index is 430. The summed E-state index contributed by atoms with van der Waals surface area (Å²) in [6, 6.07) is 5.04. The molecule has 0 saturated heterocycles. The van der Waals surface area contributed by atoms with Crippen LogP contribution in [0.5, 0.6) is 0 Å². The Hall–Kier alpha value is -0.910. The number of hydrogen-bond donors (Lipinski definition) is 2. The molecule has 108 valence electrons. The molecule has 0 spiro atoms. The first-order chi connectivity index (χ1) is 8.37. The third-order valence-corrected chi connectivity index (χ3v) is 2.77. The van der Waals surface area contributed by atoms with Crippen LogP contribution < -0.4 is 10.6 Å². The van der Waals surface area contributed by atoms with Gasteiger partial charge in [0.15, 0.2) is 0 Å². The lowest BCUT2D eigenvalue weighted by molar-refractivity contribution is -0.147. The fraction of sp³-hybridized carbons (Fsp3) is 0.417. The molecule has 1 aromatic rings. The van der Waals surface area contributed by atoms with Crippen LogP contribution in [0.4, 0.5) is 8.78 Å². The molecule has 19 heavy (non-hydrogen) atoms. The van der Waals surface area contributed by atoms with Crippen molar-refractivity contribution >= 4 is 29.9 Å². The van der Waals surface area contributed by atoms with Gasteiger partial charge in [-0.05, 0) is 26.1 Å². The van der Waals surface area contributed by atoms with E-state index in [1.165, 1.54) is 18.2 Å². The number of carbonyl (C=O) groups excluding carboxylic acids is 1. The van der Waals surface area contributed by atoms with Crippen LogP contribution in [0.2, 0.25) is 5.02 Å². The molecule has 0 heterocycles. The Kier molecular flexibility index (Phi) is 7.26. The molecule has 0 bridgehead atoms. The Balaban J connectivity index is 0.00000324. The lowest BCUT2D eigenvalue weighted by atomic mass is 10.1. The Morgan fingerprint density at radius 2 is 2.11 bits per heavy atom. The Morgan fingerprint density at radius 3 is 2.63 bits per heavy atom. The SMILES string of the molecule is CNC(C)CNC(=O)C(F)(F)c1cccc(Cl)c1.Cl. The second-order valence-corrected chi connectivity index (χ2v) is 4.42. The highest BCUT2D eigenvalue weighted by Crippen LogP contribution is 2.29. The summed E-state index contributed by atoms with van der Waals surface area (Å²) in [5.74, 6) is -4.91. The molecule has 1 rings (SSSR count). The van der Waals surface area contributed by atoms with E-state index in [2.05, 4.69) is 10.6 Å². The Labute approximate surface area is 122 Å². The molecule has 0 radical (unpaired) electrons. The first-order valence-corrected chi connectivity index (χ1v) is 5.85. The Morgan fingerprint density at radius 1 is 1.47 bits per heavy atom. The van der Waals surface area contributed by atoms with Gasteiger partial charge < -0.3 is 10.6 Å². The predicted molar refractivity (Wildman–Crippen MR) is 74.1 cm³/mol. The molecule has 1 aromatic carbocycles. The second kappa shape index (κ2) is 7.62. The molecule has 0 aliphatic carbocycles. The van der Waals surface area contributed by atoms with E-state index in [4.69, 9.17) is 11.6 Å². The number of amides is 1. The third kappa shape index (κ3) is 4.93. The van der Waals surface area contributed by atoms with E-state index in [-0.39, 0.29) is 30.0 Å². The summed E-state index contributed by atoms with van der Waals surface area (Å²) in [5.41, 5.74) is -0.412. The van der Waals surface area contributed by atoms with Crippen molar-refractivity contribution in [3.8, 4) is 0 Å². The first-order valence-electron chi connectivity index (χ1n) is 5.47. The van der Waals surface area contributed by atoms with Gasteiger partial charge in [0, 0.05) is 23.2 Å². The molecule has 0 aliphatic rings. The quantitative estimate of drug-likeness (QED) is 0.877. The van der Waals surface area contributed by atoms with Crippen LogP contribution in [-0.4, -0.2) is 25.5 Å². The summed E-state index contributed by atoms with van der Waals surface area (Å²) in [4.78, 5) is 11.5. The van der Waals surface area contributed by atoms with Gasteiger partial charge >= 0.3 is 5.92 Å². The number of rotatable bonds is 5. The van der Waals surface area contributed by atoms with Crippen molar-refractivity contribution < 1.29 is 13.6 Å². The number of hydrogen-bond acceptors (Lipinski definition) is 2. The van der Waals surface area contributed by atoms with Crippen molar-refractivity contribution in [2.45, 2.75) is 18.9 Å². The number of benzene rings is 1. The first kappa shape index (κ1) is 18.1. The maximum absolute atomic E-state index is 13.8. The van der Waals surface area contributed by atoms with Crippen LogP contribution in [-0.2, 0) is 10.7 Å². The van der Waals surface area contributed by atoms with Gasteiger partial charge in [0.1, 0.15) is 0 Å². The fourth-order valence-electron chi connectivity index (χ4n) is 1.27. The van der Waals surface area contributed by atoms with Gasteiger partial charge in [-0.1, -0.05) is 23.7 Å². The van der Waals surface area contributed by atoms with Gasteiger partial charge in [-0.15, -0.1) is 12.4 Å². The summed E-state index contributed by atoms with van der Waals surface area (Å²) in [6.07, 6.45) is 0. The van der Waals surface area contributed by atoms with Crippen LogP contribution in [0.25, 0.3) is 0 Å². The van der Waals surface area contributed by atoms with Gasteiger partial charge in [-0.25, -0.2) is 0 Å². The number of likely N-dealkylation sites (N-methyl/N-ethyl adjacent to an activating group) is 1. The topological polar surface area (TPSA) is 41.1 Å². The number of nitrogens with one attached hydrogen (secondary N) is 2. The van der Waals surface area contributed by atoms with E-state index in [0.717, 1.165) is 6.07 Å². The molecule has 0 aromatic heterocycles. The molecule has 1 amide bonds. The standard InChI is InChI=1S/C12H15ClF2N2O.ClH/c1-8(16-2)7-17-11(18)12(14,15)9-4-3-5-10(13)6-9;/h3-6,8,16H,7H2,1-2H3,(H,17,18);1H. The summed E-state index contributed by atoms with van der Waals surface area (Å²) in [6.45, 7) is 1.91. The average Bonchev–Trinajstić information content (AvgIpc) is 2.35. The van der Waals surface area contributed by atoms with Crippen molar-refractivity contribution in [2.75, 3.05) is 13.6 Å². The average molecular weight is 313 g/mol. The minimum Gasteiger partial charge on any atom is -0.349 e. The molecular formula is C12H16Cl2F2N2O. The normalized spacial score (nSPS) is 12.5. The van der Waals surface area contributed by atoms with E-state index < -0.39 is 17.4 Å². The van der Waals surface area contributed by atoms with Crippen molar-refractivity contribution in [1.29, 1.82) is 0 Å². The zero-order valence-corrected chi connectivity index (χ0v) is 12.1. The fourth-order valence-corrected chi connectivity index (χ4v) is 1.46. The van der Waals surface area contributed by atoms with Crippen molar-refractivity contribution in [3.05, 3.63) is 34.9 Å². The molecule has 0 aliphatic heterocycles. The van der Waals surface area contributed by atoms with E-state index in [1.807, 2.05) is 0 Å². The van der Waals surface area contributed by atoms with Crippen molar-refractivity contribution in [3.63, 3.8) is 0 Å². The zero-order valence-electron chi connectivity index (χ0n) is 10.5. The van der Waals surface area contributed by atoms with Crippen LogP contribution >= 0.6 is 24.0 Å². The summed E-state index contributed by atoms with van der Waals surface area (Å²) in [5, 5.41) is 5.21. The largest absolute Gasteiger partial charge is 0.349 e. The lowest BCUT2D eigenvalue weighted by Crippen LogP contribution is -2.43. The van der Waals surface area contributed by atoms with Crippen molar-refractivity contribution in [1.82, 2.24) is 10.6 Å². The summed E-state index contributed by atoms with van der Waals surface area (Å²) >= 11 is 5.63. The van der Waals surface area contributed by atoms with Gasteiger partial charge in [0.25, 0.3) is 5.91 Å². The monoisotopic (exact) mass is 312 g/mol. The minimum absolute atomic E-state index is 0. The molecule has 3 nitrogen and oxygen atoms in total. The van der Waals surface area contributed by atoms with E-state index in [0.29, 0.717) is 0 Å². The summed E-state index contributed by atoms with van der Waals surface area (Å²) < 4.78 is 27.6. The van der Waals surface area contributed by atoms with Gasteiger partial charge in [-0.3, -0.25) is 4.79 Å². The zero-order chi connectivity index (χ0) is 13.8. The lowest BCUT2D eigenvalue weighted by Gasteiger charge is -2.18. The predicted octanol–water partition coefficient (Wildman–Crippen LogP) is 2.58. The van der Waals surface area contributed by atoms with E-state index in [1.54, 1.807) is 14.0 Å². The number of carbonyl (C=O) groups is 1. The van der Waals surface area contributed by atoms with E-state index >= 15 is 0 Å². The number of halogens is 4. The highest BCUT2D eigenvalue weighted by atomic mass is 35.5. The van der Waals surface area contributed by atoms with Crippen LogP contribution in [0.15, 0.2) is 24.3 Å². The van der Waals surface area contributed by atoms with Gasteiger partial charge in [0.05, 0.1) is 0 Å². The van der Waals surface area contributed by atoms with Gasteiger partial charge in [-0.2, -0.15) is 8.78 Å². The highest BCUT2D eigenvalue weighted by Gasteiger charge is 2.40. The molecule has 2 N–H and O–H groups in total. The maximum Gasteiger partial charge on any atom is 0.349 e. The van der Waals surface area contributed by atoms with Gasteiger partial charge in [0.2, 0.25) is 0 Å². The van der Waals surface area contributed by atoms with Crippen molar-refractivity contribution in [2.24, 2.45) is 0 Å². The highest BCUT2D eigenvalue weighted by molar-refractivity contribution is 6.30. The second-order valence-electron chi connectivity index (χ2n) is 3.98. The van der Waals surface area contributed by atoms with Crippen LogP contribution in [0.1, 0.15) is 12.5 Å². The third-order valence-electron chi connectivity index (χ3n) is 2.53. The smallest absolute Gasteiger partial charge is 0.349 e.